The van der Waals surface area contributed by atoms with Crippen LogP contribution in [0, 0.1) is 13.8 Å². The first-order chi connectivity index (χ1) is 10.1. The first kappa shape index (κ1) is 14.4. The molecule has 5 heteroatoms. The molecule has 1 aromatic heterocycles. The Morgan fingerprint density at radius 2 is 1.86 bits per heavy atom. The van der Waals surface area contributed by atoms with E-state index in [4.69, 9.17) is 0 Å². The minimum atomic E-state index is 0.287. The van der Waals surface area contributed by atoms with Gasteiger partial charge in [0.25, 0.3) is 0 Å². The van der Waals surface area contributed by atoms with Crippen LogP contribution in [0.5, 0.6) is 0 Å². The smallest absolute Gasteiger partial charge is 0.236 e. The second kappa shape index (κ2) is 6.10. The topological polar surface area (TPSA) is 49.3 Å². The number of rotatable bonds is 3. The number of carbonyl (C=O) groups excluding carboxylic acids is 1. The van der Waals surface area contributed by atoms with E-state index < -0.39 is 0 Å². The number of carbonyl (C=O) groups is 1. The van der Waals surface area contributed by atoms with Crippen molar-refractivity contribution < 1.29 is 4.79 Å². The minimum absolute atomic E-state index is 0.287. The Hall–Kier alpha value is -1.49. The second-order valence-electron chi connectivity index (χ2n) is 6.32. The maximum absolute atomic E-state index is 12.2. The van der Waals surface area contributed by atoms with Crippen LogP contribution in [0.1, 0.15) is 42.4 Å². The first-order valence-corrected chi connectivity index (χ1v) is 7.94. The average molecular weight is 288 g/mol. The number of hydrogen-bond donors (Lipinski definition) is 0. The molecule has 114 valence electrons. The largest absolute Gasteiger partial charge is 0.342 e. The standard InChI is InChI=1S/C16H24N4O/c1-12-9-13(2)18-16(17-12)14-5-8-19(10-14)11-15(21)20-6-3-4-7-20/h9,14H,3-8,10-11H2,1-2H3/t14-/m0/s1. The highest BCUT2D eigenvalue weighted by Crippen LogP contribution is 2.25. The van der Waals surface area contributed by atoms with Crippen molar-refractivity contribution in [3.63, 3.8) is 0 Å². The molecule has 1 atom stereocenters. The molecule has 1 amide bonds. The van der Waals surface area contributed by atoms with Crippen LogP contribution >= 0.6 is 0 Å². The van der Waals surface area contributed by atoms with Crippen LogP contribution in [-0.2, 0) is 4.79 Å². The maximum Gasteiger partial charge on any atom is 0.236 e. The van der Waals surface area contributed by atoms with Gasteiger partial charge in [-0.3, -0.25) is 9.69 Å². The van der Waals surface area contributed by atoms with Crippen LogP contribution in [0.4, 0.5) is 0 Å². The van der Waals surface area contributed by atoms with E-state index in [1.807, 2.05) is 24.8 Å². The number of likely N-dealkylation sites (tertiary alicyclic amines) is 2. The van der Waals surface area contributed by atoms with Gasteiger partial charge in [0.05, 0.1) is 6.54 Å². The predicted molar refractivity (Wildman–Crippen MR) is 81.1 cm³/mol. The lowest BCUT2D eigenvalue weighted by Gasteiger charge is -2.20. The van der Waals surface area contributed by atoms with Gasteiger partial charge in [0.15, 0.2) is 0 Å². The minimum Gasteiger partial charge on any atom is -0.342 e. The predicted octanol–water partition coefficient (Wildman–Crippen LogP) is 1.51. The molecule has 0 unspecified atom stereocenters. The molecule has 3 rings (SSSR count). The molecule has 2 saturated heterocycles. The van der Waals surface area contributed by atoms with E-state index in [1.54, 1.807) is 0 Å². The molecule has 0 aromatic carbocycles. The molecular formula is C16H24N4O. The summed E-state index contributed by atoms with van der Waals surface area (Å²) in [4.78, 5) is 25.6. The Kier molecular flexibility index (Phi) is 4.19. The molecule has 0 radical (unpaired) electrons. The summed E-state index contributed by atoms with van der Waals surface area (Å²) in [5, 5.41) is 0. The third kappa shape index (κ3) is 3.40. The first-order valence-electron chi connectivity index (χ1n) is 7.94. The Labute approximate surface area is 126 Å². The summed E-state index contributed by atoms with van der Waals surface area (Å²) in [7, 11) is 0. The van der Waals surface area contributed by atoms with Crippen LogP contribution < -0.4 is 0 Å². The van der Waals surface area contributed by atoms with Gasteiger partial charge >= 0.3 is 0 Å². The molecule has 0 saturated carbocycles. The van der Waals surface area contributed by atoms with Crippen molar-refractivity contribution in [2.75, 3.05) is 32.7 Å². The van der Waals surface area contributed by atoms with Gasteiger partial charge in [-0.15, -0.1) is 0 Å². The van der Waals surface area contributed by atoms with E-state index in [9.17, 15) is 4.79 Å². The Balaban J connectivity index is 1.58. The van der Waals surface area contributed by atoms with Crippen LogP contribution in [0.2, 0.25) is 0 Å². The Morgan fingerprint density at radius 1 is 1.19 bits per heavy atom. The van der Waals surface area contributed by atoms with Crippen molar-refractivity contribution in [3.05, 3.63) is 23.3 Å². The second-order valence-corrected chi connectivity index (χ2v) is 6.32. The average Bonchev–Trinajstić information content (AvgIpc) is 3.08. The van der Waals surface area contributed by atoms with Crippen molar-refractivity contribution in [2.45, 2.75) is 39.0 Å². The summed E-state index contributed by atoms with van der Waals surface area (Å²) in [5.74, 6) is 1.60. The van der Waals surface area contributed by atoms with Gasteiger partial charge in [-0.1, -0.05) is 0 Å². The summed E-state index contributed by atoms with van der Waals surface area (Å²) < 4.78 is 0. The van der Waals surface area contributed by atoms with Gasteiger partial charge in [0.2, 0.25) is 5.91 Å². The zero-order valence-electron chi connectivity index (χ0n) is 13.0. The Morgan fingerprint density at radius 3 is 2.52 bits per heavy atom. The highest BCUT2D eigenvalue weighted by Gasteiger charge is 2.29. The molecule has 21 heavy (non-hydrogen) atoms. The van der Waals surface area contributed by atoms with Crippen molar-refractivity contribution in [2.24, 2.45) is 0 Å². The zero-order chi connectivity index (χ0) is 14.8. The summed E-state index contributed by atoms with van der Waals surface area (Å²) in [6.45, 7) is 8.35. The van der Waals surface area contributed by atoms with Crippen molar-refractivity contribution >= 4 is 5.91 Å². The molecule has 0 spiro atoms. The molecule has 0 bridgehead atoms. The molecule has 1 aromatic rings. The number of aryl methyl sites for hydroxylation is 2. The van der Waals surface area contributed by atoms with Gasteiger partial charge in [-0.2, -0.15) is 0 Å². The zero-order valence-corrected chi connectivity index (χ0v) is 13.0. The SMILES string of the molecule is Cc1cc(C)nc([C@H]2CCN(CC(=O)N3CCCC3)C2)n1. The van der Waals surface area contributed by atoms with Gasteiger partial charge in [0.1, 0.15) is 5.82 Å². The van der Waals surface area contributed by atoms with Gasteiger partial charge in [0, 0.05) is 36.9 Å². The summed E-state index contributed by atoms with van der Waals surface area (Å²) >= 11 is 0. The Bertz CT molecular complexity index is 505. The molecule has 0 aliphatic carbocycles. The van der Waals surface area contributed by atoms with Crippen LogP contribution in [0.15, 0.2) is 6.07 Å². The molecule has 2 aliphatic heterocycles. The van der Waals surface area contributed by atoms with Gasteiger partial charge < -0.3 is 4.90 Å². The van der Waals surface area contributed by atoms with Gasteiger partial charge in [-0.25, -0.2) is 9.97 Å². The number of aromatic nitrogens is 2. The van der Waals surface area contributed by atoms with Crippen LogP contribution in [0.3, 0.4) is 0 Å². The van der Waals surface area contributed by atoms with Crippen LogP contribution in [0.25, 0.3) is 0 Å². The fourth-order valence-corrected chi connectivity index (χ4v) is 3.38. The third-order valence-corrected chi connectivity index (χ3v) is 4.45. The van der Waals surface area contributed by atoms with E-state index in [-0.39, 0.29) is 5.91 Å². The van der Waals surface area contributed by atoms with E-state index in [2.05, 4.69) is 14.9 Å². The fourth-order valence-electron chi connectivity index (χ4n) is 3.38. The molecule has 0 N–H and O–H groups in total. The quantitative estimate of drug-likeness (QED) is 0.846. The molecule has 3 heterocycles. The fraction of sp³-hybridized carbons (Fsp3) is 0.688. The van der Waals surface area contributed by atoms with E-state index in [0.29, 0.717) is 12.5 Å². The number of hydrogen-bond acceptors (Lipinski definition) is 4. The van der Waals surface area contributed by atoms with E-state index in [1.165, 1.54) is 0 Å². The van der Waals surface area contributed by atoms with Crippen molar-refractivity contribution in [1.82, 2.24) is 19.8 Å². The lowest BCUT2D eigenvalue weighted by atomic mass is 10.1. The third-order valence-electron chi connectivity index (χ3n) is 4.45. The highest BCUT2D eigenvalue weighted by atomic mass is 16.2. The van der Waals surface area contributed by atoms with Gasteiger partial charge in [-0.05, 0) is 45.7 Å². The number of amides is 1. The number of nitrogens with zero attached hydrogens (tertiary/aromatic N) is 4. The monoisotopic (exact) mass is 288 g/mol. The summed E-state index contributed by atoms with van der Waals surface area (Å²) in [6.07, 6.45) is 3.37. The molecule has 2 fully saturated rings. The maximum atomic E-state index is 12.2. The van der Waals surface area contributed by atoms with Crippen molar-refractivity contribution in [1.29, 1.82) is 0 Å². The van der Waals surface area contributed by atoms with Crippen molar-refractivity contribution in [3.8, 4) is 0 Å². The molecule has 5 nitrogen and oxygen atoms in total. The summed E-state index contributed by atoms with van der Waals surface area (Å²) in [5.41, 5.74) is 2.06. The van der Waals surface area contributed by atoms with E-state index >= 15 is 0 Å². The lowest BCUT2D eigenvalue weighted by molar-refractivity contribution is -0.131. The lowest BCUT2D eigenvalue weighted by Crippen LogP contribution is -2.37. The highest BCUT2D eigenvalue weighted by molar-refractivity contribution is 5.78. The van der Waals surface area contributed by atoms with Crippen LogP contribution in [-0.4, -0.2) is 58.4 Å². The normalized spacial score (nSPS) is 23.0. The summed E-state index contributed by atoms with van der Waals surface area (Å²) in [6, 6.07) is 2.01. The molecule has 2 aliphatic rings. The molecular weight excluding hydrogens is 264 g/mol. The van der Waals surface area contributed by atoms with E-state index in [0.717, 1.165) is 62.7 Å².